The fourth-order valence-electron chi connectivity index (χ4n) is 3.06. The van der Waals surface area contributed by atoms with Gasteiger partial charge in [-0.1, -0.05) is 18.7 Å². The number of urea groups is 1. The van der Waals surface area contributed by atoms with Crippen molar-refractivity contribution in [3.8, 4) is 0 Å². The third-order valence-electron chi connectivity index (χ3n) is 4.54. The third-order valence-corrected chi connectivity index (χ3v) is 5.66. The van der Waals surface area contributed by atoms with Gasteiger partial charge in [-0.2, -0.15) is 14.6 Å². The van der Waals surface area contributed by atoms with Crippen LogP contribution in [0.15, 0.2) is 58.7 Å². The highest BCUT2D eigenvalue weighted by Crippen LogP contribution is 2.32. The number of aromatic nitrogens is 4. The van der Waals surface area contributed by atoms with Gasteiger partial charge in [0, 0.05) is 27.9 Å². The number of hydrogen-bond donors (Lipinski definition) is 2. The van der Waals surface area contributed by atoms with Crippen molar-refractivity contribution in [3.05, 3.63) is 71.7 Å². The molecule has 0 unspecified atom stereocenters. The van der Waals surface area contributed by atoms with E-state index in [0.29, 0.717) is 11.5 Å². The minimum absolute atomic E-state index is 0.235. The van der Waals surface area contributed by atoms with Crippen LogP contribution < -0.4 is 10.6 Å². The van der Waals surface area contributed by atoms with Crippen LogP contribution in [-0.4, -0.2) is 25.6 Å². The summed E-state index contributed by atoms with van der Waals surface area (Å²) < 4.78 is 28.6. The first-order valence-electron chi connectivity index (χ1n) is 9.44. The first kappa shape index (κ1) is 20.7. The number of hydrogen-bond acceptors (Lipinski definition) is 5. The monoisotopic (exact) mass is 440 g/mol. The van der Waals surface area contributed by atoms with Gasteiger partial charge >= 0.3 is 6.03 Å². The number of amides is 2. The number of benzene rings is 2. The summed E-state index contributed by atoms with van der Waals surface area (Å²) in [6.45, 7) is 4.01. The highest BCUT2D eigenvalue weighted by molar-refractivity contribution is 7.99. The lowest BCUT2D eigenvalue weighted by molar-refractivity contribution is 0.262. The lowest BCUT2D eigenvalue weighted by Gasteiger charge is -2.12. The Balaban J connectivity index is 1.49. The topological polar surface area (TPSA) is 84.2 Å². The van der Waals surface area contributed by atoms with Crippen LogP contribution in [0.2, 0.25) is 0 Å². The summed E-state index contributed by atoms with van der Waals surface area (Å²) in [5.74, 6) is -0.823. The smallest absolute Gasteiger partial charge is 0.308 e. The first-order valence-corrected chi connectivity index (χ1v) is 10.3. The Bertz CT molecular complexity index is 1260. The van der Waals surface area contributed by atoms with Gasteiger partial charge in [0.25, 0.3) is 5.78 Å². The van der Waals surface area contributed by atoms with E-state index >= 15 is 0 Å². The quantitative estimate of drug-likeness (QED) is 0.424. The van der Waals surface area contributed by atoms with Crippen LogP contribution >= 0.6 is 11.8 Å². The van der Waals surface area contributed by atoms with E-state index in [2.05, 4.69) is 32.6 Å². The van der Waals surface area contributed by atoms with Gasteiger partial charge in [-0.05, 0) is 49.7 Å². The summed E-state index contributed by atoms with van der Waals surface area (Å²) in [5.41, 5.74) is 2.26. The van der Waals surface area contributed by atoms with Crippen molar-refractivity contribution in [3.63, 3.8) is 0 Å². The average Bonchev–Trinajstić information content (AvgIpc) is 3.20. The summed E-state index contributed by atoms with van der Waals surface area (Å²) in [4.78, 5) is 21.7. The van der Waals surface area contributed by atoms with Crippen LogP contribution in [0.1, 0.15) is 18.2 Å². The highest BCUT2D eigenvalue weighted by Gasteiger charge is 2.15. The van der Waals surface area contributed by atoms with Crippen molar-refractivity contribution in [2.24, 2.45) is 0 Å². The maximum Gasteiger partial charge on any atom is 0.323 e. The van der Waals surface area contributed by atoms with Crippen LogP contribution in [0.5, 0.6) is 0 Å². The molecule has 2 aromatic carbocycles. The maximum absolute atomic E-state index is 13.7. The predicted molar refractivity (Wildman–Crippen MR) is 114 cm³/mol. The molecule has 0 bridgehead atoms. The lowest BCUT2D eigenvalue weighted by atomic mass is 10.2. The second-order valence-corrected chi connectivity index (χ2v) is 7.70. The second-order valence-electron chi connectivity index (χ2n) is 6.64. The Morgan fingerprint density at radius 1 is 1.13 bits per heavy atom. The predicted octanol–water partition coefficient (Wildman–Crippen LogP) is 5.07. The van der Waals surface area contributed by atoms with Crippen LogP contribution in [0.4, 0.5) is 25.0 Å². The van der Waals surface area contributed by atoms with E-state index in [4.69, 9.17) is 0 Å². The maximum atomic E-state index is 13.7. The standard InChI is InChI=1S/C21H18F2N6OS/c1-3-16-12(2)26-20-24-11-25-29(20)19(16)31-15-7-5-14(6-8-15)27-21(30)28-18-10-13(22)4-9-17(18)23/h4-11H,3H2,1-2H3,(H2,27,28,30). The van der Waals surface area contributed by atoms with E-state index in [0.717, 1.165) is 45.8 Å². The fraction of sp³-hybridized carbons (Fsp3) is 0.143. The molecule has 0 atom stereocenters. The minimum Gasteiger partial charge on any atom is -0.308 e. The second kappa shape index (κ2) is 8.68. The van der Waals surface area contributed by atoms with Crippen LogP contribution in [0, 0.1) is 18.6 Å². The zero-order chi connectivity index (χ0) is 22.0. The molecule has 0 aliphatic carbocycles. The van der Waals surface area contributed by atoms with Gasteiger partial charge in [-0.15, -0.1) is 0 Å². The molecule has 2 amide bonds. The number of aryl methyl sites for hydroxylation is 1. The summed E-state index contributed by atoms with van der Waals surface area (Å²) >= 11 is 1.52. The van der Waals surface area contributed by atoms with Crippen molar-refractivity contribution >= 4 is 34.9 Å². The zero-order valence-corrected chi connectivity index (χ0v) is 17.5. The average molecular weight is 440 g/mol. The molecular weight excluding hydrogens is 422 g/mol. The molecule has 31 heavy (non-hydrogen) atoms. The number of carbonyl (C=O) groups excluding carboxylic acids is 1. The molecule has 0 radical (unpaired) electrons. The summed E-state index contributed by atoms with van der Waals surface area (Å²) in [7, 11) is 0. The molecule has 7 nitrogen and oxygen atoms in total. The molecule has 0 saturated heterocycles. The first-order chi connectivity index (χ1) is 14.9. The molecule has 0 aliphatic rings. The van der Waals surface area contributed by atoms with Crippen molar-refractivity contribution in [1.82, 2.24) is 19.6 Å². The Labute approximate surface area is 180 Å². The number of anilines is 2. The van der Waals surface area contributed by atoms with Crippen molar-refractivity contribution in [1.29, 1.82) is 0 Å². The van der Waals surface area contributed by atoms with Gasteiger partial charge in [0.15, 0.2) is 0 Å². The molecule has 158 valence electrons. The zero-order valence-electron chi connectivity index (χ0n) is 16.7. The van der Waals surface area contributed by atoms with E-state index in [1.54, 1.807) is 16.6 Å². The van der Waals surface area contributed by atoms with Gasteiger partial charge in [-0.25, -0.2) is 18.6 Å². The van der Waals surface area contributed by atoms with Crippen molar-refractivity contribution in [2.45, 2.75) is 30.2 Å². The Hall–Kier alpha value is -3.53. The number of rotatable bonds is 5. The van der Waals surface area contributed by atoms with E-state index in [1.807, 2.05) is 19.1 Å². The number of fused-ring (bicyclic) bond motifs is 1. The van der Waals surface area contributed by atoms with Gasteiger partial charge < -0.3 is 10.6 Å². The van der Waals surface area contributed by atoms with E-state index in [-0.39, 0.29) is 5.69 Å². The fourth-order valence-corrected chi connectivity index (χ4v) is 4.19. The Morgan fingerprint density at radius 3 is 2.65 bits per heavy atom. The summed E-state index contributed by atoms with van der Waals surface area (Å²) in [6, 6.07) is 9.32. The lowest BCUT2D eigenvalue weighted by Crippen LogP contribution is -2.20. The largest absolute Gasteiger partial charge is 0.323 e. The van der Waals surface area contributed by atoms with Crippen LogP contribution in [-0.2, 0) is 6.42 Å². The van der Waals surface area contributed by atoms with E-state index in [1.165, 1.54) is 18.1 Å². The normalized spacial score (nSPS) is 11.0. The molecule has 2 N–H and O–H groups in total. The van der Waals surface area contributed by atoms with Gasteiger partial charge in [0.2, 0.25) is 0 Å². The highest BCUT2D eigenvalue weighted by atomic mass is 32.2. The SMILES string of the molecule is CCc1c(C)nc2ncnn2c1Sc1ccc(NC(=O)Nc2cc(F)ccc2F)cc1. The molecule has 4 rings (SSSR count). The third kappa shape index (κ3) is 4.48. The molecule has 2 heterocycles. The van der Waals surface area contributed by atoms with Crippen LogP contribution in [0.25, 0.3) is 5.78 Å². The Morgan fingerprint density at radius 2 is 1.90 bits per heavy atom. The molecule has 0 fully saturated rings. The molecule has 0 saturated carbocycles. The molecule has 2 aromatic heterocycles. The Kier molecular flexibility index (Phi) is 5.81. The van der Waals surface area contributed by atoms with E-state index in [9.17, 15) is 13.6 Å². The van der Waals surface area contributed by atoms with Crippen LogP contribution in [0.3, 0.4) is 0 Å². The number of nitrogens with one attached hydrogen (secondary N) is 2. The molecule has 0 aliphatic heterocycles. The summed E-state index contributed by atoms with van der Waals surface area (Å²) in [6.07, 6.45) is 2.27. The van der Waals surface area contributed by atoms with Gasteiger partial charge in [-0.3, -0.25) is 0 Å². The number of carbonyl (C=O) groups is 1. The summed E-state index contributed by atoms with van der Waals surface area (Å²) in [5, 5.41) is 10.1. The van der Waals surface area contributed by atoms with Gasteiger partial charge in [0.1, 0.15) is 23.0 Å². The minimum atomic E-state index is -0.720. The van der Waals surface area contributed by atoms with E-state index < -0.39 is 17.7 Å². The van der Waals surface area contributed by atoms with Crippen molar-refractivity contribution < 1.29 is 13.6 Å². The number of halogens is 2. The molecule has 10 heteroatoms. The molecule has 0 spiro atoms. The number of nitrogens with zero attached hydrogens (tertiary/aromatic N) is 4. The van der Waals surface area contributed by atoms with Gasteiger partial charge in [0.05, 0.1) is 5.69 Å². The van der Waals surface area contributed by atoms with Crippen molar-refractivity contribution in [2.75, 3.05) is 10.6 Å². The molecular formula is C21H18F2N6OS. The molecule has 4 aromatic rings.